The number of benzene rings is 1. The molecule has 12 heteroatoms. The number of carbonyl (C=O) groups excluding carboxylic acids is 1. The number of rotatable bonds is 7. The van der Waals surface area contributed by atoms with Gasteiger partial charge in [-0.3, -0.25) is 4.79 Å². The van der Waals surface area contributed by atoms with E-state index in [4.69, 9.17) is 4.74 Å². The van der Waals surface area contributed by atoms with Crippen molar-refractivity contribution in [3.8, 4) is 0 Å². The van der Waals surface area contributed by atoms with Crippen LogP contribution in [0.15, 0.2) is 40.4 Å². The van der Waals surface area contributed by atoms with Gasteiger partial charge in [0, 0.05) is 40.4 Å². The highest BCUT2D eigenvalue weighted by atomic mass is 32.2. The van der Waals surface area contributed by atoms with E-state index in [0.717, 1.165) is 4.31 Å². The maximum atomic E-state index is 12.8. The summed E-state index contributed by atoms with van der Waals surface area (Å²) in [5.41, 5.74) is 0.562. The third-order valence-electron chi connectivity index (χ3n) is 5.54. The fourth-order valence-electron chi connectivity index (χ4n) is 3.39. The minimum atomic E-state index is -3.71. The summed E-state index contributed by atoms with van der Waals surface area (Å²) in [6.45, 7) is 2.08. The van der Waals surface area contributed by atoms with Gasteiger partial charge in [0.25, 0.3) is 10.0 Å². The number of ether oxygens (including phenoxy) is 1. The summed E-state index contributed by atoms with van der Waals surface area (Å²) in [7, 11) is -2.66. The summed E-state index contributed by atoms with van der Waals surface area (Å²) in [6.07, 6.45) is 2.17. The molecule has 0 bridgehead atoms. The van der Waals surface area contributed by atoms with Crippen LogP contribution in [0.4, 0.5) is 0 Å². The lowest BCUT2D eigenvalue weighted by Gasteiger charge is -2.29. The van der Waals surface area contributed by atoms with E-state index in [1.54, 1.807) is 30.7 Å². The Labute approximate surface area is 188 Å². The van der Waals surface area contributed by atoms with Gasteiger partial charge in [0.15, 0.2) is 5.03 Å². The Hall–Kier alpha value is -2.28. The number of nitrogens with zero attached hydrogens (tertiary/aromatic N) is 4. The molecule has 0 aliphatic carbocycles. The van der Waals surface area contributed by atoms with Crippen molar-refractivity contribution in [3.05, 3.63) is 41.9 Å². The number of aryl methyl sites for hydroxylation is 2. The van der Waals surface area contributed by atoms with E-state index in [1.165, 1.54) is 36.7 Å². The lowest BCUT2D eigenvalue weighted by Crippen LogP contribution is -2.40. The number of hydrogen-bond donors (Lipinski definition) is 0. The van der Waals surface area contributed by atoms with E-state index >= 15 is 0 Å². The molecule has 1 aromatic heterocycles. The molecule has 2 heterocycles. The van der Waals surface area contributed by atoms with Crippen LogP contribution in [0.3, 0.4) is 0 Å². The number of aromatic nitrogens is 2. The van der Waals surface area contributed by atoms with Crippen LogP contribution in [0.5, 0.6) is 0 Å². The molecule has 0 amide bonds. The molecule has 3 rings (SSSR count). The van der Waals surface area contributed by atoms with Crippen molar-refractivity contribution in [1.29, 1.82) is 0 Å². The molecule has 1 aliphatic heterocycles. The van der Waals surface area contributed by atoms with Crippen molar-refractivity contribution in [2.45, 2.75) is 36.3 Å². The molecule has 0 spiro atoms. The molecular weight excluding hydrogens is 456 g/mol. The molecule has 0 atom stereocenters. The van der Waals surface area contributed by atoms with Crippen LogP contribution in [0, 0.1) is 12.8 Å². The molecule has 10 nitrogen and oxygen atoms in total. The van der Waals surface area contributed by atoms with Gasteiger partial charge in [-0.1, -0.05) is 12.1 Å². The van der Waals surface area contributed by atoms with Crippen molar-refractivity contribution < 1.29 is 26.4 Å². The van der Waals surface area contributed by atoms with E-state index in [-0.39, 0.29) is 29.6 Å². The van der Waals surface area contributed by atoms with Gasteiger partial charge in [0.05, 0.1) is 10.8 Å². The number of piperidine rings is 1. The molecule has 2 aromatic rings. The number of sulfonamides is 2. The molecular formula is C20H28N4O6S2. The second kappa shape index (κ2) is 9.30. The smallest absolute Gasteiger partial charge is 0.309 e. The minimum absolute atomic E-state index is 0.00563. The molecule has 0 radical (unpaired) electrons. The van der Waals surface area contributed by atoms with Crippen molar-refractivity contribution in [2.75, 3.05) is 27.2 Å². The first kappa shape index (κ1) is 24.4. The van der Waals surface area contributed by atoms with E-state index in [1.807, 2.05) is 0 Å². The summed E-state index contributed by atoms with van der Waals surface area (Å²) >= 11 is 0. The SMILES string of the molecule is Cc1nc(S(=O)(=O)N2CCC(C(=O)OCc3cccc(S(=O)(=O)N(C)C)c3)CC2)cn1C. The van der Waals surface area contributed by atoms with Crippen LogP contribution in [-0.4, -0.2) is 68.2 Å². The van der Waals surface area contributed by atoms with Crippen LogP contribution >= 0.6 is 0 Å². The van der Waals surface area contributed by atoms with Crippen molar-refractivity contribution in [3.63, 3.8) is 0 Å². The van der Waals surface area contributed by atoms with Crippen molar-refractivity contribution >= 4 is 26.0 Å². The van der Waals surface area contributed by atoms with Gasteiger partial charge < -0.3 is 9.30 Å². The molecule has 1 aliphatic rings. The summed E-state index contributed by atoms with van der Waals surface area (Å²) in [4.78, 5) is 16.7. The Morgan fingerprint density at radius 2 is 1.84 bits per heavy atom. The number of carbonyl (C=O) groups is 1. The van der Waals surface area contributed by atoms with E-state index in [9.17, 15) is 21.6 Å². The number of imidazole rings is 1. The largest absolute Gasteiger partial charge is 0.461 e. The Morgan fingerprint density at radius 3 is 2.41 bits per heavy atom. The van der Waals surface area contributed by atoms with Gasteiger partial charge in [-0.05, 0) is 37.5 Å². The van der Waals surface area contributed by atoms with Gasteiger partial charge in [-0.2, -0.15) is 4.31 Å². The highest BCUT2D eigenvalue weighted by molar-refractivity contribution is 7.89. The molecule has 0 unspecified atom stereocenters. The molecule has 0 saturated carbocycles. The number of esters is 1. The van der Waals surface area contributed by atoms with Gasteiger partial charge >= 0.3 is 5.97 Å². The maximum Gasteiger partial charge on any atom is 0.309 e. The molecule has 176 valence electrons. The summed E-state index contributed by atoms with van der Waals surface area (Å²) in [5, 5.41) is 0.00563. The van der Waals surface area contributed by atoms with Crippen LogP contribution in [0.2, 0.25) is 0 Å². The Morgan fingerprint density at radius 1 is 1.19 bits per heavy atom. The van der Waals surface area contributed by atoms with Crippen LogP contribution in [-0.2, 0) is 43.2 Å². The first-order valence-corrected chi connectivity index (χ1v) is 13.0. The van der Waals surface area contributed by atoms with E-state index < -0.39 is 31.9 Å². The zero-order valence-corrected chi connectivity index (χ0v) is 20.2. The summed E-state index contributed by atoms with van der Waals surface area (Å²) in [5.74, 6) is -0.235. The first-order chi connectivity index (χ1) is 14.9. The van der Waals surface area contributed by atoms with Crippen LogP contribution in [0.25, 0.3) is 0 Å². The fraction of sp³-hybridized carbons (Fsp3) is 0.500. The van der Waals surface area contributed by atoms with E-state index in [0.29, 0.717) is 24.2 Å². The van der Waals surface area contributed by atoms with Gasteiger partial charge in [0.1, 0.15) is 12.4 Å². The average molecular weight is 485 g/mol. The average Bonchev–Trinajstić information content (AvgIpc) is 3.11. The van der Waals surface area contributed by atoms with Crippen LogP contribution < -0.4 is 0 Å². The normalized spacial score (nSPS) is 16.4. The second-order valence-electron chi connectivity index (χ2n) is 7.96. The topological polar surface area (TPSA) is 119 Å². The maximum absolute atomic E-state index is 12.8. The summed E-state index contributed by atoms with van der Waals surface area (Å²) < 4.78 is 59.6. The highest BCUT2D eigenvalue weighted by Gasteiger charge is 2.34. The quantitative estimate of drug-likeness (QED) is 0.540. The Bertz CT molecular complexity index is 1180. The number of hydrogen-bond acceptors (Lipinski definition) is 7. The Kier molecular flexibility index (Phi) is 7.08. The molecule has 1 aromatic carbocycles. The fourth-order valence-corrected chi connectivity index (χ4v) is 5.86. The van der Waals surface area contributed by atoms with E-state index in [2.05, 4.69) is 4.98 Å². The Balaban J connectivity index is 1.57. The second-order valence-corrected chi connectivity index (χ2v) is 12.0. The third-order valence-corrected chi connectivity index (χ3v) is 9.12. The zero-order valence-electron chi connectivity index (χ0n) is 18.6. The predicted octanol–water partition coefficient (Wildman–Crippen LogP) is 1.12. The van der Waals surface area contributed by atoms with Gasteiger partial charge in [-0.25, -0.2) is 26.1 Å². The summed E-state index contributed by atoms with van der Waals surface area (Å²) in [6, 6.07) is 6.25. The van der Waals surface area contributed by atoms with Gasteiger partial charge in [0.2, 0.25) is 10.0 Å². The molecule has 0 N–H and O–H groups in total. The first-order valence-electron chi connectivity index (χ1n) is 10.1. The molecule has 1 fully saturated rings. The van der Waals surface area contributed by atoms with Crippen molar-refractivity contribution in [2.24, 2.45) is 13.0 Å². The minimum Gasteiger partial charge on any atom is -0.461 e. The highest BCUT2D eigenvalue weighted by Crippen LogP contribution is 2.25. The van der Waals surface area contributed by atoms with Crippen molar-refractivity contribution in [1.82, 2.24) is 18.2 Å². The molecule has 1 saturated heterocycles. The predicted molar refractivity (Wildman–Crippen MR) is 117 cm³/mol. The molecule has 32 heavy (non-hydrogen) atoms. The standard InChI is InChI=1S/C20H28N4O6S2/c1-15-21-19(13-23(15)4)32(28,29)24-10-8-17(9-11-24)20(25)30-14-16-6-5-7-18(12-16)31(26,27)22(2)3/h5-7,12-13,17H,8-11,14H2,1-4H3. The van der Waals surface area contributed by atoms with Crippen LogP contribution in [0.1, 0.15) is 24.2 Å². The lowest BCUT2D eigenvalue weighted by molar-refractivity contribution is -0.151. The third kappa shape index (κ3) is 5.03. The monoisotopic (exact) mass is 484 g/mol. The van der Waals surface area contributed by atoms with Gasteiger partial charge in [-0.15, -0.1) is 0 Å². The zero-order chi connectivity index (χ0) is 23.7. The lowest BCUT2D eigenvalue weighted by atomic mass is 9.98.